The van der Waals surface area contributed by atoms with Crippen LogP contribution < -0.4 is 26.8 Å². The number of hydroxylamine groups is 1. The van der Waals surface area contributed by atoms with Crippen molar-refractivity contribution < 1.29 is 9.32 Å². The topological polar surface area (TPSA) is 105 Å². The largest absolute Gasteiger partial charge is 0.309 e. The van der Waals surface area contributed by atoms with Crippen molar-refractivity contribution in [1.82, 2.24) is 20.3 Å². The Kier molecular flexibility index (Phi) is 7.88. The first-order valence-corrected chi connectivity index (χ1v) is 11.6. The van der Waals surface area contributed by atoms with Crippen LogP contribution in [0.25, 0.3) is 22.0 Å². The van der Waals surface area contributed by atoms with Crippen molar-refractivity contribution in [3.63, 3.8) is 0 Å². The van der Waals surface area contributed by atoms with Gasteiger partial charge in [-0.15, -0.1) is 9.32 Å². The predicted molar refractivity (Wildman–Crippen MR) is 131 cm³/mol. The van der Waals surface area contributed by atoms with Crippen molar-refractivity contribution in [2.24, 2.45) is 5.10 Å². The lowest BCUT2D eigenvalue weighted by atomic mass is 10.0. The molecule has 0 amide bonds. The van der Waals surface area contributed by atoms with Crippen LogP contribution in [0.1, 0.15) is 6.42 Å². The third-order valence-corrected chi connectivity index (χ3v) is 5.88. The molecule has 1 heterocycles. The minimum absolute atomic E-state index is 0.141. The molecule has 2 aromatic carbocycles. The standard InChI is InChI=1S/C23H22ClN5O4S/c1-29(2)13-5-12-25-32-33-34-15-10-8-14(9-11-15)20-18-19(23(31)26-20)21(27-28-24)16-6-3-4-7-17(16)22(18)30/h3-4,6-11,25,28H,5,12-13H2,1-2H3. The zero-order valence-corrected chi connectivity index (χ0v) is 20.1. The van der Waals surface area contributed by atoms with Gasteiger partial charge >= 0.3 is 0 Å². The Bertz CT molecular complexity index is 1500. The molecule has 176 valence electrons. The van der Waals surface area contributed by atoms with E-state index in [2.05, 4.69) is 25.4 Å². The van der Waals surface area contributed by atoms with Gasteiger partial charge in [0.2, 0.25) is 0 Å². The molecule has 9 nitrogen and oxygen atoms in total. The summed E-state index contributed by atoms with van der Waals surface area (Å²) in [5, 5.41) is 5.67. The van der Waals surface area contributed by atoms with E-state index < -0.39 is 5.56 Å². The maximum Gasteiger partial charge on any atom is 0.280 e. The maximum absolute atomic E-state index is 13.3. The molecule has 0 saturated heterocycles. The average Bonchev–Trinajstić information content (AvgIpc) is 3.18. The Labute approximate surface area is 203 Å². The van der Waals surface area contributed by atoms with Gasteiger partial charge in [0, 0.05) is 39.6 Å². The average molecular weight is 500 g/mol. The summed E-state index contributed by atoms with van der Waals surface area (Å²) < 4.78 is 5.10. The van der Waals surface area contributed by atoms with Gasteiger partial charge in [0.25, 0.3) is 5.56 Å². The van der Waals surface area contributed by atoms with E-state index in [1.807, 2.05) is 14.1 Å². The fourth-order valence-corrected chi connectivity index (χ4v) is 4.15. The number of halogens is 1. The Morgan fingerprint density at radius 1 is 1.06 bits per heavy atom. The quantitative estimate of drug-likeness (QED) is 0.112. The Balaban J connectivity index is 1.60. The van der Waals surface area contributed by atoms with Gasteiger partial charge in [-0.25, -0.2) is 9.93 Å². The smallest absolute Gasteiger partial charge is 0.280 e. The summed E-state index contributed by atoms with van der Waals surface area (Å²) in [5.41, 5.74) is 2.85. The second-order valence-corrected chi connectivity index (χ2v) is 8.69. The second-order valence-electron chi connectivity index (χ2n) is 7.75. The molecule has 0 spiro atoms. The first-order chi connectivity index (χ1) is 16.5. The molecule has 2 N–H and O–H groups in total. The molecule has 2 aliphatic rings. The van der Waals surface area contributed by atoms with Crippen molar-refractivity contribution in [2.45, 2.75) is 11.3 Å². The molecule has 0 unspecified atom stereocenters. The third-order valence-electron chi connectivity index (χ3n) is 5.19. The van der Waals surface area contributed by atoms with E-state index in [0.717, 1.165) is 29.9 Å². The molecular weight excluding hydrogens is 478 g/mol. The number of nitrogens with zero attached hydrogens (tertiary/aromatic N) is 3. The van der Waals surface area contributed by atoms with Gasteiger partial charge in [-0.1, -0.05) is 36.4 Å². The normalized spacial score (nSPS) is 12.3. The van der Waals surface area contributed by atoms with E-state index in [-0.39, 0.29) is 15.9 Å². The zero-order chi connectivity index (χ0) is 24.1. The van der Waals surface area contributed by atoms with Gasteiger partial charge in [-0.05, 0) is 39.2 Å². The molecule has 11 heteroatoms. The molecule has 0 saturated carbocycles. The van der Waals surface area contributed by atoms with Crippen molar-refractivity contribution in [3.8, 4) is 11.3 Å². The van der Waals surface area contributed by atoms with E-state index >= 15 is 0 Å². The minimum atomic E-state index is -0.533. The molecule has 0 aromatic heterocycles. The monoisotopic (exact) mass is 499 g/mol. The lowest BCUT2D eigenvalue weighted by Crippen LogP contribution is -2.21. The lowest BCUT2D eigenvalue weighted by Gasteiger charge is -2.09. The van der Waals surface area contributed by atoms with Crippen LogP contribution in [0.4, 0.5) is 0 Å². The van der Waals surface area contributed by atoms with E-state index in [9.17, 15) is 9.59 Å². The van der Waals surface area contributed by atoms with Crippen LogP contribution >= 0.6 is 23.8 Å². The summed E-state index contributed by atoms with van der Waals surface area (Å²) >= 11 is 6.65. The molecule has 0 fully saturated rings. The summed E-state index contributed by atoms with van der Waals surface area (Å²) in [6.45, 7) is 1.60. The zero-order valence-electron chi connectivity index (χ0n) is 18.5. The highest BCUT2D eigenvalue weighted by Gasteiger charge is 2.17. The molecule has 34 heavy (non-hydrogen) atoms. The van der Waals surface area contributed by atoms with Crippen LogP contribution in [0.15, 0.2) is 68.1 Å². The van der Waals surface area contributed by atoms with Crippen molar-refractivity contribution in [1.29, 1.82) is 0 Å². The number of benzene rings is 2. The van der Waals surface area contributed by atoms with Gasteiger partial charge in [0.15, 0.2) is 5.43 Å². The van der Waals surface area contributed by atoms with E-state index in [1.54, 1.807) is 48.5 Å². The number of nitrogens with one attached hydrogen (secondary N) is 2. The van der Waals surface area contributed by atoms with Gasteiger partial charge in [0.1, 0.15) is 5.36 Å². The highest BCUT2D eigenvalue weighted by Crippen LogP contribution is 2.24. The van der Waals surface area contributed by atoms with Crippen molar-refractivity contribution in [3.05, 3.63) is 84.9 Å². The molecule has 4 rings (SSSR count). The van der Waals surface area contributed by atoms with Gasteiger partial charge in [-0.3, -0.25) is 9.59 Å². The third kappa shape index (κ3) is 5.12. The highest BCUT2D eigenvalue weighted by molar-refractivity contribution is 7.94. The summed E-state index contributed by atoms with van der Waals surface area (Å²) in [7, 11) is 4.02. The fourth-order valence-electron chi connectivity index (χ4n) is 3.66. The molecule has 1 aliphatic heterocycles. The molecule has 0 atom stereocenters. The highest BCUT2D eigenvalue weighted by atomic mass is 35.5. The number of hydrogen-bond acceptors (Lipinski definition) is 10. The molecule has 0 bridgehead atoms. The lowest BCUT2D eigenvalue weighted by molar-refractivity contribution is -0.244. The van der Waals surface area contributed by atoms with Gasteiger partial charge < -0.3 is 4.90 Å². The minimum Gasteiger partial charge on any atom is -0.309 e. The van der Waals surface area contributed by atoms with Crippen LogP contribution in [0.2, 0.25) is 0 Å². The van der Waals surface area contributed by atoms with Crippen molar-refractivity contribution in [2.75, 3.05) is 27.2 Å². The summed E-state index contributed by atoms with van der Waals surface area (Å²) in [6, 6.07) is 14.1. The van der Waals surface area contributed by atoms with Crippen molar-refractivity contribution >= 4 is 34.6 Å². The van der Waals surface area contributed by atoms with Crippen LogP contribution in [0.5, 0.6) is 0 Å². The number of aromatic nitrogens is 1. The van der Waals surface area contributed by atoms with E-state index in [4.69, 9.17) is 21.1 Å². The predicted octanol–water partition coefficient (Wildman–Crippen LogP) is 2.19. The molecule has 2 aromatic rings. The SMILES string of the molecule is CN(C)CCCNOOSc1ccc(-c2nc(=O)c3c(=NNCl)c4ccccc4c(=O)c2=3)cc1. The van der Waals surface area contributed by atoms with Crippen LogP contribution in [-0.4, -0.2) is 37.1 Å². The number of hydrogen-bond donors (Lipinski definition) is 2. The Hall–Kier alpha value is -2.86. The fraction of sp³-hybridized carbons (Fsp3) is 0.217. The molecular formula is C23H22ClN5O4S. The number of fused-ring (bicyclic) bond motifs is 1. The van der Waals surface area contributed by atoms with Gasteiger partial charge in [0.05, 0.1) is 28.2 Å². The first kappa shape index (κ1) is 24.3. The molecule has 1 aliphatic carbocycles. The maximum atomic E-state index is 13.3. The second kappa shape index (κ2) is 11.0. The molecule has 0 radical (unpaired) electrons. The van der Waals surface area contributed by atoms with Gasteiger partial charge in [-0.2, -0.15) is 10.6 Å². The summed E-state index contributed by atoms with van der Waals surface area (Å²) in [4.78, 5) is 40.3. The van der Waals surface area contributed by atoms with E-state index in [1.165, 1.54) is 0 Å². The first-order valence-electron chi connectivity index (χ1n) is 10.4. The van der Waals surface area contributed by atoms with Crippen LogP contribution in [0.3, 0.4) is 0 Å². The van der Waals surface area contributed by atoms with Crippen LogP contribution in [-0.2, 0) is 9.32 Å². The Morgan fingerprint density at radius 2 is 1.79 bits per heavy atom. The summed E-state index contributed by atoms with van der Waals surface area (Å²) in [5.74, 6) is 0. The van der Waals surface area contributed by atoms with Crippen LogP contribution in [0, 0.1) is 10.4 Å². The number of rotatable bonds is 10. The summed E-state index contributed by atoms with van der Waals surface area (Å²) in [6.07, 6.45) is 0.922. The van der Waals surface area contributed by atoms with E-state index in [0.29, 0.717) is 33.9 Å². The Morgan fingerprint density at radius 3 is 2.50 bits per heavy atom.